The minimum atomic E-state index is -3.83. The van der Waals surface area contributed by atoms with E-state index < -0.39 is 28.5 Å². The number of carbonyl (C=O) groups excluding carboxylic acids is 2. The van der Waals surface area contributed by atoms with E-state index in [9.17, 15) is 18.0 Å². The summed E-state index contributed by atoms with van der Waals surface area (Å²) in [6, 6.07) is 11.3. The summed E-state index contributed by atoms with van der Waals surface area (Å²) in [5.41, 5.74) is 1.75. The van der Waals surface area contributed by atoms with Gasteiger partial charge in [-0.2, -0.15) is 0 Å². The van der Waals surface area contributed by atoms with Crippen LogP contribution in [0.4, 0.5) is 5.69 Å². The molecule has 36 heavy (non-hydrogen) atoms. The van der Waals surface area contributed by atoms with Gasteiger partial charge in [0.1, 0.15) is 18.3 Å². The molecule has 0 aliphatic rings. The first-order valence-electron chi connectivity index (χ1n) is 11.8. The second-order valence-electron chi connectivity index (χ2n) is 9.13. The lowest BCUT2D eigenvalue weighted by Crippen LogP contribution is -2.52. The Balaban J connectivity index is 2.46. The Morgan fingerprint density at radius 2 is 1.75 bits per heavy atom. The highest BCUT2D eigenvalue weighted by molar-refractivity contribution is 7.92. The van der Waals surface area contributed by atoms with Crippen LogP contribution in [-0.2, 0) is 26.2 Å². The van der Waals surface area contributed by atoms with Gasteiger partial charge in [0, 0.05) is 18.1 Å². The number of nitrogens with one attached hydrogen (secondary N) is 1. The van der Waals surface area contributed by atoms with Crippen molar-refractivity contribution in [1.82, 2.24) is 10.2 Å². The summed E-state index contributed by atoms with van der Waals surface area (Å²) < 4.78 is 31.8. The lowest BCUT2D eigenvalue weighted by Gasteiger charge is -2.33. The maximum atomic E-state index is 13.7. The second kappa shape index (κ2) is 13.0. The van der Waals surface area contributed by atoms with Crippen LogP contribution in [0.5, 0.6) is 5.75 Å². The number of rotatable bonds is 12. The highest BCUT2D eigenvalue weighted by Crippen LogP contribution is 2.27. The summed E-state index contributed by atoms with van der Waals surface area (Å²) in [6.07, 6.45) is 1.40. The maximum absolute atomic E-state index is 13.7. The number of halogens is 1. The number of nitrogens with zero attached hydrogens (tertiary/aromatic N) is 2. The lowest BCUT2D eigenvalue weighted by atomic mass is 10.1. The molecule has 0 saturated heterocycles. The van der Waals surface area contributed by atoms with Crippen LogP contribution in [0.15, 0.2) is 42.5 Å². The first-order valence-corrected chi connectivity index (χ1v) is 14.0. The van der Waals surface area contributed by atoms with Gasteiger partial charge < -0.3 is 15.0 Å². The van der Waals surface area contributed by atoms with Crippen molar-refractivity contribution in [3.8, 4) is 5.75 Å². The Hall–Kier alpha value is -2.78. The van der Waals surface area contributed by atoms with Crippen LogP contribution >= 0.6 is 11.6 Å². The molecule has 1 N–H and O–H groups in total. The van der Waals surface area contributed by atoms with Crippen molar-refractivity contribution in [1.29, 1.82) is 0 Å². The fourth-order valence-electron chi connectivity index (χ4n) is 3.72. The zero-order chi connectivity index (χ0) is 27.0. The number of sulfonamides is 1. The molecule has 2 aromatic carbocycles. The molecule has 0 saturated carbocycles. The summed E-state index contributed by atoms with van der Waals surface area (Å²) >= 11 is 6.14. The topological polar surface area (TPSA) is 96.0 Å². The van der Waals surface area contributed by atoms with Gasteiger partial charge in [-0.05, 0) is 54.7 Å². The lowest BCUT2D eigenvalue weighted by molar-refractivity contribution is -0.140. The highest BCUT2D eigenvalue weighted by atomic mass is 35.5. The predicted molar refractivity (Wildman–Crippen MR) is 144 cm³/mol. The number of carbonyl (C=O) groups is 2. The van der Waals surface area contributed by atoms with E-state index in [0.29, 0.717) is 35.0 Å². The quantitative estimate of drug-likeness (QED) is 0.441. The van der Waals surface area contributed by atoms with Crippen molar-refractivity contribution in [2.75, 3.05) is 30.8 Å². The Labute approximate surface area is 219 Å². The fraction of sp³-hybridized carbons (Fsp3) is 0.462. The van der Waals surface area contributed by atoms with E-state index in [0.717, 1.165) is 16.1 Å². The molecule has 8 nitrogen and oxygen atoms in total. The Morgan fingerprint density at radius 3 is 2.28 bits per heavy atom. The van der Waals surface area contributed by atoms with Crippen molar-refractivity contribution in [3.63, 3.8) is 0 Å². The molecular formula is C26H36ClN3O5S. The minimum Gasteiger partial charge on any atom is -0.497 e. The molecule has 2 amide bonds. The minimum absolute atomic E-state index is 0.128. The van der Waals surface area contributed by atoms with E-state index in [-0.39, 0.29) is 18.4 Å². The third-order valence-corrected chi connectivity index (χ3v) is 7.06. The molecule has 0 unspecified atom stereocenters. The zero-order valence-electron chi connectivity index (χ0n) is 21.7. The van der Waals surface area contributed by atoms with Gasteiger partial charge >= 0.3 is 0 Å². The van der Waals surface area contributed by atoms with Crippen LogP contribution in [0.25, 0.3) is 0 Å². The average Bonchev–Trinajstić information content (AvgIpc) is 2.82. The summed E-state index contributed by atoms with van der Waals surface area (Å²) in [7, 11) is -2.27. The molecule has 0 fully saturated rings. The SMILES string of the molecule is CC[C@@H](C(=O)NCC(C)C)N(Cc1ccc(OC)cc1)C(=O)CN(c1cc(Cl)ccc1C)S(C)(=O)=O. The maximum Gasteiger partial charge on any atom is 0.244 e. The van der Waals surface area contributed by atoms with Crippen molar-refractivity contribution >= 4 is 39.1 Å². The van der Waals surface area contributed by atoms with Crippen LogP contribution in [0.2, 0.25) is 5.02 Å². The molecule has 0 aliphatic heterocycles. The second-order valence-corrected chi connectivity index (χ2v) is 11.5. The summed E-state index contributed by atoms with van der Waals surface area (Å²) in [5, 5.41) is 3.26. The van der Waals surface area contributed by atoms with Crippen LogP contribution < -0.4 is 14.4 Å². The molecule has 0 bridgehead atoms. The zero-order valence-corrected chi connectivity index (χ0v) is 23.3. The first kappa shape index (κ1) is 29.5. The molecule has 0 heterocycles. The summed E-state index contributed by atoms with van der Waals surface area (Å²) in [6.45, 7) is 7.67. The molecule has 2 rings (SSSR count). The highest BCUT2D eigenvalue weighted by Gasteiger charge is 2.32. The van der Waals surface area contributed by atoms with Crippen molar-refractivity contribution in [2.45, 2.75) is 46.7 Å². The fourth-order valence-corrected chi connectivity index (χ4v) is 4.78. The standard InChI is InChI=1S/C26H36ClN3O5S/c1-7-23(26(32)28-15-18(2)3)29(16-20-9-12-22(35-5)13-10-20)25(31)17-30(36(6,33)34)24-14-21(27)11-8-19(24)4/h8-14,18,23H,7,15-17H2,1-6H3,(H,28,32)/t23-/m0/s1. The van der Waals surface area contributed by atoms with E-state index in [4.69, 9.17) is 16.3 Å². The first-order chi connectivity index (χ1) is 16.9. The number of benzene rings is 2. The molecule has 1 atom stereocenters. The number of ether oxygens (including phenoxy) is 1. The molecule has 0 aliphatic carbocycles. The van der Waals surface area contributed by atoms with Crippen LogP contribution in [0.3, 0.4) is 0 Å². The Kier molecular flexibility index (Phi) is 10.6. The third kappa shape index (κ3) is 8.13. The van der Waals surface area contributed by atoms with Crippen molar-refractivity contribution in [2.24, 2.45) is 5.92 Å². The number of hydrogen-bond acceptors (Lipinski definition) is 5. The molecule has 0 spiro atoms. The molecule has 0 aromatic heterocycles. The number of methoxy groups -OCH3 is 1. The molecular weight excluding hydrogens is 502 g/mol. The van der Waals surface area contributed by atoms with E-state index >= 15 is 0 Å². The van der Waals surface area contributed by atoms with Gasteiger partial charge in [-0.3, -0.25) is 13.9 Å². The van der Waals surface area contributed by atoms with Gasteiger partial charge in [0.15, 0.2) is 0 Å². The van der Waals surface area contributed by atoms with Crippen molar-refractivity contribution < 1.29 is 22.7 Å². The van der Waals surface area contributed by atoms with E-state index in [1.807, 2.05) is 32.9 Å². The van der Waals surface area contributed by atoms with Gasteiger partial charge in [0.2, 0.25) is 21.8 Å². The van der Waals surface area contributed by atoms with E-state index in [1.165, 1.54) is 11.0 Å². The Morgan fingerprint density at radius 1 is 1.11 bits per heavy atom. The van der Waals surface area contributed by atoms with E-state index in [1.54, 1.807) is 38.3 Å². The predicted octanol–water partition coefficient (Wildman–Crippen LogP) is 4.00. The normalized spacial score (nSPS) is 12.2. The van der Waals surface area contributed by atoms with Gasteiger partial charge in [-0.25, -0.2) is 8.42 Å². The molecule has 10 heteroatoms. The monoisotopic (exact) mass is 537 g/mol. The summed E-state index contributed by atoms with van der Waals surface area (Å²) in [4.78, 5) is 28.3. The van der Waals surface area contributed by atoms with Crippen LogP contribution in [0, 0.1) is 12.8 Å². The average molecular weight is 538 g/mol. The van der Waals surface area contributed by atoms with E-state index in [2.05, 4.69) is 5.32 Å². The number of anilines is 1. The van der Waals surface area contributed by atoms with Gasteiger partial charge in [-0.1, -0.05) is 50.6 Å². The number of aryl methyl sites for hydroxylation is 1. The van der Waals surface area contributed by atoms with Gasteiger partial charge in [0.25, 0.3) is 0 Å². The smallest absolute Gasteiger partial charge is 0.244 e. The molecule has 2 aromatic rings. The van der Waals surface area contributed by atoms with Gasteiger partial charge in [-0.15, -0.1) is 0 Å². The third-order valence-electron chi connectivity index (χ3n) is 5.70. The number of amides is 2. The van der Waals surface area contributed by atoms with Crippen molar-refractivity contribution in [3.05, 3.63) is 58.6 Å². The van der Waals surface area contributed by atoms with Gasteiger partial charge in [0.05, 0.1) is 19.1 Å². The molecule has 198 valence electrons. The summed E-state index contributed by atoms with van der Waals surface area (Å²) in [5.74, 6) is 0.127. The largest absolute Gasteiger partial charge is 0.497 e. The number of hydrogen-bond donors (Lipinski definition) is 1. The molecule has 0 radical (unpaired) electrons. The Bertz CT molecular complexity index is 1150. The van der Waals surface area contributed by atoms with Crippen LogP contribution in [0.1, 0.15) is 38.3 Å². The van der Waals surface area contributed by atoms with Crippen LogP contribution in [-0.4, -0.2) is 57.6 Å².